The van der Waals surface area contributed by atoms with Crippen molar-refractivity contribution in [1.82, 2.24) is 5.16 Å². The van der Waals surface area contributed by atoms with Crippen molar-refractivity contribution in [3.05, 3.63) is 12.5 Å². The van der Waals surface area contributed by atoms with Crippen LogP contribution < -0.4 is 5.32 Å². The number of rotatable bonds is 3. The molecule has 0 aliphatic carbocycles. The minimum Gasteiger partial charge on any atom is -0.481 e. The minimum absolute atomic E-state index is 0.348. The monoisotopic (exact) mass is 226 g/mol. The van der Waals surface area contributed by atoms with Gasteiger partial charge in [-0.15, -0.1) is 0 Å². The molecule has 1 unspecified atom stereocenters. The van der Waals surface area contributed by atoms with Gasteiger partial charge in [0, 0.05) is 0 Å². The van der Waals surface area contributed by atoms with E-state index in [-0.39, 0.29) is 0 Å². The van der Waals surface area contributed by atoms with Crippen LogP contribution in [0.1, 0.15) is 20.8 Å². The van der Waals surface area contributed by atoms with Gasteiger partial charge in [-0.3, -0.25) is 9.59 Å². The average Bonchev–Trinajstić information content (AvgIpc) is 2.52. The summed E-state index contributed by atoms with van der Waals surface area (Å²) in [4.78, 5) is 22.8. The molecule has 6 heteroatoms. The number of hydrogen-bond acceptors (Lipinski definition) is 4. The highest BCUT2D eigenvalue weighted by Crippen LogP contribution is 2.27. The molecule has 1 atom stereocenters. The van der Waals surface area contributed by atoms with Crippen LogP contribution in [0.3, 0.4) is 0 Å². The predicted octanol–water partition coefficient (Wildman–Crippen LogP) is 1.36. The Labute approximate surface area is 92.6 Å². The van der Waals surface area contributed by atoms with E-state index in [1.54, 1.807) is 20.8 Å². The molecule has 1 heterocycles. The van der Waals surface area contributed by atoms with Gasteiger partial charge in [-0.05, 0) is 5.41 Å². The molecule has 1 aromatic rings. The van der Waals surface area contributed by atoms with Gasteiger partial charge >= 0.3 is 5.97 Å². The van der Waals surface area contributed by atoms with E-state index < -0.39 is 23.2 Å². The number of carbonyl (C=O) groups excluding carboxylic acids is 1. The predicted molar refractivity (Wildman–Crippen MR) is 55.7 cm³/mol. The molecule has 0 saturated carbocycles. The number of carboxylic acids is 1. The van der Waals surface area contributed by atoms with Gasteiger partial charge in [0.2, 0.25) is 5.91 Å². The highest BCUT2D eigenvalue weighted by molar-refractivity contribution is 6.04. The Bertz CT molecular complexity index is 378. The van der Waals surface area contributed by atoms with Gasteiger partial charge < -0.3 is 14.9 Å². The van der Waals surface area contributed by atoms with Crippen molar-refractivity contribution in [3.63, 3.8) is 0 Å². The molecule has 0 aromatic carbocycles. The summed E-state index contributed by atoms with van der Waals surface area (Å²) >= 11 is 0. The topological polar surface area (TPSA) is 92.4 Å². The molecule has 1 aromatic heterocycles. The zero-order chi connectivity index (χ0) is 12.3. The van der Waals surface area contributed by atoms with Gasteiger partial charge in [0.1, 0.15) is 17.9 Å². The first-order valence-corrected chi connectivity index (χ1v) is 4.75. The molecule has 6 nitrogen and oxygen atoms in total. The molecule has 1 rings (SSSR count). The summed E-state index contributed by atoms with van der Waals surface area (Å²) < 4.78 is 4.53. The smallest absolute Gasteiger partial charge is 0.316 e. The number of aliphatic carboxylic acids is 1. The van der Waals surface area contributed by atoms with E-state index in [1.165, 1.54) is 12.5 Å². The number of carbonyl (C=O) groups is 2. The Morgan fingerprint density at radius 1 is 1.50 bits per heavy atom. The van der Waals surface area contributed by atoms with Crippen LogP contribution in [-0.4, -0.2) is 22.1 Å². The van der Waals surface area contributed by atoms with E-state index in [0.717, 1.165) is 0 Å². The lowest BCUT2D eigenvalue weighted by Gasteiger charge is -2.25. The van der Waals surface area contributed by atoms with Crippen LogP contribution in [0.25, 0.3) is 0 Å². The maximum Gasteiger partial charge on any atom is 0.316 e. The molecular formula is C10H14N2O4. The van der Waals surface area contributed by atoms with E-state index in [1.807, 2.05) is 0 Å². The normalized spacial score (nSPS) is 13.2. The Morgan fingerprint density at radius 2 is 2.12 bits per heavy atom. The van der Waals surface area contributed by atoms with Crippen LogP contribution in [0.15, 0.2) is 17.0 Å². The number of anilines is 1. The number of carboxylic acid groups (broad SMARTS) is 1. The first-order valence-electron chi connectivity index (χ1n) is 4.75. The largest absolute Gasteiger partial charge is 0.481 e. The Kier molecular flexibility index (Phi) is 3.31. The molecule has 0 aliphatic rings. The highest BCUT2D eigenvalue weighted by Gasteiger charge is 2.37. The summed E-state index contributed by atoms with van der Waals surface area (Å²) in [6.07, 6.45) is 2.54. The van der Waals surface area contributed by atoms with E-state index in [2.05, 4.69) is 15.0 Å². The summed E-state index contributed by atoms with van der Waals surface area (Å²) in [6, 6.07) is 0. The zero-order valence-corrected chi connectivity index (χ0v) is 9.35. The van der Waals surface area contributed by atoms with E-state index in [0.29, 0.717) is 5.69 Å². The fourth-order valence-corrected chi connectivity index (χ4v) is 1.36. The van der Waals surface area contributed by atoms with Crippen LogP contribution in [0, 0.1) is 11.3 Å². The molecule has 1 amide bonds. The van der Waals surface area contributed by atoms with Gasteiger partial charge in [-0.2, -0.15) is 0 Å². The van der Waals surface area contributed by atoms with Crippen LogP contribution in [-0.2, 0) is 9.59 Å². The molecular weight excluding hydrogens is 212 g/mol. The quantitative estimate of drug-likeness (QED) is 0.759. The Morgan fingerprint density at radius 3 is 2.50 bits per heavy atom. The summed E-state index contributed by atoms with van der Waals surface area (Å²) in [5, 5.41) is 14.8. The van der Waals surface area contributed by atoms with Crippen molar-refractivity contribution in [2.24, 2.45) is 11.3 Å². The van der Waals surface area contributed by atoms with Crippen LogP contribution in [0.2, 0.25) is 0 Å². The maximum atomic E-state index is 11.7. The van der Waals surface area contributed by atoms with Crippen molar-refractivity contribution < 1.29 is 19.2 Å². The van der Waals surface area contributed by atoms with Gasteiger partial charge in [0.25, 0.3) is 0 Å². The molecule has 0 aliphatic heterocycles. The van der Waals surface area contributed by atoms with Crippen molar-refractivity contribution in [2.45, 2.75) is 20.8 Å². The highest BCUT2D eigenvalue weighted by atomic mass is 16.5. The van der Waals surface area contributed by atoms with Gasteiger partial charge in [0.15, 0.2) is 0 Å². The third-order valence-corrected chi connectivity index (χ3v) is 2.08. The Hall–Kier alpha value is -1.85. The average molecular weight is 226 g/mol. The van der Waals surface area contributed by atoms with E-state index in [9.17, 15) is 9.59 Å². The van der Waals surface area contributed by atoms with Crippen LogP contribution in [0.5, 0.6) is 0 Å². The first kappa shape index (κ1) is 12.2. The third-order valence-electron chi connectivity index (χ3n) is 2.08. The number of hydrogen-bond donors (Lipinski definition) is 2. The second-order valence-electron chi connectivity index (χ2n) is 4.54. The number of amides is 1. The van der Waals surface area contributed by atoms with Crippen molar-refractivity contribution in [2.75, 3.05) is 5.32 Å². The van der Waals surface area contributed by atoms with Gasteiger partial charge in [-0.1, -0.05) is 25.9 Å². The SMILES string of the molecule is CC(C)(C)C(C(=O)O)C(=O)Nc1cnoc1. The zero-order valence-electron chi connectivity index (χ0n) is 9.35. The standard InChI is InChI=1S/C10H14N2O4/c1-10(2,3)7(9(14)15)8(13)12-6-4-11-16-5-6/h4-5,7H,1-3H3,(H,12,13)(H,14,15). The Balaban J connectivity index is 2.81. The summed E-state index contributed by atoms with van der Waals surface area (Å²) in [5.41, 5.74) is -0.312. The number of nitrogens with zero attached hydrogens (tertiary/aromatic N) is 1. The van der Waals surface area contributed by atoms with Crippen molar-refractivity contribution in [3.8, 4) is 0 Å². The molecule has 2 N–H and O–H groups in total. The summed E-state index contributed by atoms with van der Waals surface area (Å²) in [5.74, 6) is -2.85. The van der Waals surface area contributed by atoms with Crippen molar-refractivity contribution in [1.29, 1.82) is 0 Å². The minimum atomic E-state index is -1.15. The lowest BCUT2D eigenvalue weighted by Crippen LogP contribution is -2.39. The lowest BCUT2D eigenvalue weighted by atomic mass is 9.80. The fourth-order valence-electron chi connectivity index (χ4n) is 1.36. The third kappa shape index (κ3) is 2.82. The maximum absolute atomic E-state index is 11.7. The molecule has 16 heavy (non-hydrogen) atoms. The van der Waals surface area contributed by atoms with Crippen LogP contribution >= 0.6 is 0 Å². The molecule has 88 valence electrons. The number of nitrogens with one attached hydrogen (secondary N) is 1. The molecule has 0 spiro atoms. The van der Waals surface area contributed by atoms with Gasteiger partial charge in [0.05, 0.1) is 6.20 Å². The second kappa shape index (κ2) is 4.34. The summed E-state index contributed by atoms with van der Waals surface area (Å²) in [7, 11) is 0. The van der Waals surface area contributed by atoms with E-state index >= 15 is 0 Å². The van der Waals surface area contributed by atoms with Crippen LogP contribution in [0.4, 0.5) is 5.69 Å². The fraction of sp³-hybridized carbons (Fsp3) is 0.500. The van der Waals surface area contributed by atoms with Gasteiger partial charge in [-0.25, -0.2) is 0 Å². The summed E-state index contributed by atoms with van der Waals surface area (Å²) in [6.45, 7) is 5.08. The molecule has 0 radical (unpaired) electrons. The van der Waals surface area contributed by atoms with E-state index in [4.69, 9.17) is 5.11 Å². The van der Waals surface area contributed by atoms with Crippen molar-refractivity contribution >= 4 is 17.6 Å². The molecule has 0 saturated heterocycles. The second-order valence-corrected chi connectivity index (χ2v) is 4.54. The number of aromatic nitrogens is 1. The lowest BCUT2D eigenvalue weighted by molar-refractivity contribution is -0.149. The molecule has 0 bridgehead atoms. The molecule has 0 fully saturated rings. The first-order chi connectivity index (χ1) is 7.32.